The first-order valence-electron chi connectivity index (χ1n) is 10.3. The third-order valence-corrected chi connectivity index (χ3v) is 5.17. The van der Waals surface area contributed by atoms with E-state index in [1.54, 1.807) is 36.9 Å². The predicted molar refractivity (Wildman–Crippen MR) is 126 cm³/mol. The van der Waals surface area contributed by atoms with Gasteiger partial charge in [-0.1, -0.05) is 42.5 Å². The molecule has 0 aliphatic heterocycles. The van der Waals surface area contributed by atoms with Crippen molar-refractivity contribution < 1.29 is 14.3 Å². The maximum Gasteiger partial charge on any atom is 0.331 e. The number of nitrogens with zero attached hydrogens (tertiary/aromatic N) is 3. The number of ether oxygens (including phenoxy) is 1. The Balaban J connectivity index is 1.39. The number of hydrogen-bond donors (Lipinski definition) is 1. The second-order valence-electron chi connectivity index (χ2n) is 7.35. The first kappa shape index (κ1) is 21.8. The number of fused-ring (bicyclic) bond motifs is 1. The Morgan fingerprint density at radius 2 is 1.76 bits per heavy atom. The standard InChI is InChI=1S/C25H22N4O4/c1-17-24(25(32)29(28(17)2)20-9-4-3-5-10-20)27-22(30)16-33-23(31)15-14-19-13-12-18-8-6-7-11-21(18)26-19/h3-15H,16H2,1-2H3,(H,27,30). The second-order valence-corrected chi connectivity index (χ2v) is 7.35. The molecule has 0 saturated heterocycles. The minimum absolute atomic E-state index is 0.137. The van der Waals surface area contributed by atoms with Gasteiger partial charge in [-0.3, -0.25) is 14.3 Å². The Hall–Kier alpha value is -4.46. The molecule has 0 atom stereocenters. The molecule has 0 saturated carbocycles. The Bertz CT molecular complexity index is 1420. The van der Waals surface area contributed by atoms with E-state index in [4.69, 9.17) is 4.74 Å². The van der Waals surface area contributed by atoms with E-state index in [0.29, 0.717) is 17.1 Å². The summed E-state index contributed by atoms with van der Waals surface area (Å²) in [7, 11) is 1.73. The van der Waals surface area contributed by atoms with Crippen LogP contribution in [0, 0.1) is 6.92 Å². The summed E-state index contributed by atoms with van der Waals surface area (Å²) < 4.78 is 8.11. The highest BCUT2D eigenvalue weighted by Crippen LogP contribution is 2.14. The van der Waals surface area contributed by atoms with Crippen molar-refractivity contribution in [1.82, 2.24) is 14.3 Å². The van der Waals surface area contributed by atoms with Crippen LogP contribution in [0.2, 0.25) is 0 Å². The summed E-state index contributed by atoms with van der Waals surface area (Å²) in [5.41, 5.74) is 2.42. The van der Waals surface area contributed by atoms with Crippen LogP contribution in [0.25, 0.3) is 22.7 Å². The number of benzene rings is 2. The molecule has 0 bridgehead atoms. The van der Waals surface area contributed by atoms with E-state index in [2.05, 4.69) is 10.3 Å². The number of amides is 1. The van der Waals surface area contributed by atoms with E-state index in [1.807, 2.05) is 48.5 Å². The third kappa shape index (κ3) is 4.74. The predicted octanol–water partition coefficient (Wildman–Crippen LogP) is 3.23. The van der Waals surface area contributed by atoms with E-state index in [9.17, 15) is 14.4 Å². The third-order valence-electron chi connectivity index (χ3n) is 5.17. The Morgan fingerprint density at radius 3 is 2.55 bits per heavy atom. The molecule has 166 valence electrons. The summed E-state index contributed by atoms with van der Waals surface area (Å²) in [6, 6.07) is 20.4. The minimum Gasteiger partial charge on any atom is -0.452 e. The lowest BCUT2D eigenvalue weighted by molar-refractivity contribution is -0.142. The van der Waals surface area contributed by atoms with Crippen molar-refractivity contribution in [3.8, 4) is 5.69 Å². The Labute approximate surface area is 189 Å². The molecular formula is C25H22N4O4. The van der Waals surface area contributed by atoms with Gasteiger partial charge in [0.2, 0.25) is 0 Å². The van der Waals surface area contributed by atoms with Gasteiger partial charge in [-0.25, -0.2) is 14.5 Å². The van der Waals surface area contributed by atoms with Crippen LogP contribution >= 0.6 is 0 Å². The van der Waals surface area contributed by atoms with Gasteiger partial charge in [0.1, 0.15) is 5.69 Å². The molecule has 0 spiro atoms. The first-order chi connectivity index (χ1) is 15.9. The molecule has 8 nitrogen and oxygen atoms in total. The monoisotopic (exact) mass is 442 g/mol. The van der Waals surface area contributed by atoms with Gasteiger partial charge in [-0.15, -0.1) is 0 Å². The molecule has 4 rings (SSSR count). The quantitative estimate of drug-likeness (QED) is 0.365. The van der Waals surface area contributed by atoms with Crippen LogP contribution < -0.4 is 10.9 Å². The molecule has 1 amide bonds. The van der Waals surface area contributed by atoms with Crippen LogP contribution in [0.4, 0.5) is 5.69 Å². The number of aromatic nitrogens is 3. The minimum atomic E-state index is -0.688. The van der Waals surface area contributed by atoms with Gasteiger partial charge in [0.25, 0.3) is 11.5 Å². The van der Waals surface area contributed by atoms with Crippen molar-refractivity contribution in [3.63, 3.8) is 0 Å². The summed E-state index contributed by atoms with van der Waals surface area (Å²) in [6.45, 7) is 1.20. The van der Waals surface area contributed by atoms with Gasteiger partial charge >= 0.3 is 5.97 Å². The fourth-order valence-electron chi connectivity index (χ4n) is 3.40. The van der Waals surface area contributed by atoms with Crippen LogP contribution in [0.5, 0.6) is 0 Å². The molecule has 0 unspecified atom stereocenters. The van der Waals surface area contributed by atoms with E-state index in [1.165, 1.54) is 16.8 Å². The molecule has 0 radical (unpaired) electrons. The molecular weight excluding hydrogens is 420 g/mol. The largest absolute Gasteiger partial charge is 0.452 e. The smallest absolute Gasteiger partial charge is 0.331 e. The van der Waals surface area contributed by atoms with Gasteiger partial charge in [-0.2, -0.15) is 0 Å². The Kier molecular flexibility index (Phi) is 6.17. The van der Waals surface area contributed by atoms with Crippen molar-refractivity contribution in [2.24, 2.45) is 7.05 Å². The lowest BCUT2D eigenvalue weighted by Gasteiger charge is -2.07. The molecule has 33 heavy (non-hydrogen) atoms. The van der Waals surface area contributed by atoms with Gasteiger partial charge < -0.3 is 10.1 Å². The number of esters is 1. The molecule has 4 aromatic rings. The zero-order chi connectivity index (χ0) is 23.4. The fraction of sp³-hybridized carbons (Fsp3) is 0.120. The fourth-order valence-corrected chi connectivity index (χ4v) is 3.40. The second kappa shape index (κ2) is 9.35. The summed E-state index contributed by atoms with van der Waals surface area (Å²) in [6.07, 6.45) is 2.73. The number of rotatable bonds is 6. The van der Waals surface area contributed by atoms with Gasteiger partial charge in [0, 0.05) is 18.5 Å². The van der Waals surface area contributed by atoms with Gasteiger partial charge in [0.05, 0.1) is 22.6 Å². The van der Waals surface area contributed by atoms with Crippen molar-refractivity contribution >= 4 is 34.5 Å². The maximum atomic E-state index is 12.8. The number of carbonyl (C=O) groups excluding carboxylic acids is 2. The van der Waals surface area contributed by atoms with Crippen molar-refractivity contribution in [3.05, 3.63) is 94.5 Å². The van der Waals surface area contributed by atoms with Crippen molar-refractivity contribution in [2.45, 2.75) is 6.92 Å². The molecule has 8 heteroatoms. The molecule has 0 aliphatic rings. The summed E-state index contributed by atoms with van der Waals surface area (Å²) in [4.78, 5) is 41.6. The van der Waals surface area contributed by atoms with Crippen LogP contribution in [-0.2, 0) is 21.4 Å². The lowest BCUT2D eigenvalue weighted by atomic mass is 10.2. The zero-order valence-electron chi connectivity index (χ0n) is 18.2. The first-order valence-corrected chi connectivity index (χ1v) is 10.3. The van der Waals surface area contributed by atoms with Crippen LogP contribution in [0.15, 0.2) is 77.6 Å². The number of pyridine rings is 1. The molecule has 1 N–H and O–H groups in total. The summed E-state index contributed by atoms with van der Waals surface area (Å²) in [5, 5.41) is 3.55. The normalized spacial score (nSPS) is 11.1. The molecule has 0 fully saturated rings. The summed E-state index contributed by atoms with van der Waals surface area (Å²) in [5.74, 6) is -1.29. The topological polar surface area (TPSA) is 95.2 Å². The van der Waals surface area contributed by atoms with Crippen molar-refractivity contribution in [1.29, 1.82) is 0 Å². The van der Waals surface area contributed by atoms with Gasteiger partial charge in [-0.05, 0) is 37.3 Å². The molecule has 2 heterocycles. The SMILES string of the molecule is Cc1c(NC(=O)COC(=O)C=Cc2ccc3ccccc3n2)c(=O)n(-c2ccccc2)n1C. The van der Waals surface area contributed by atoms with E-state index < -0.39 is 18.5 Å². The average molecular weight is 442 g/mol. The highest BCUT2D eigenvalue weighted by Gasteiger charge is 2.18. The highest BCUT2D eigenvalue weighted by atomic mass is 16.5. The van der Waals surface area contributed by atoms with Gasteiger partial charge in [0.15, 0.2) is 6.61 Å². The zero-order valence-corrected chi connectivity index (χ0v) is 18.2. The molecule has 2 aromatic heterocycles. The van der Waals surface area contributed by atoms with Crippen LogP contribution in [-0.4, -0.2) is 32.8 Å². The van der Waals surface area contributed by atoms with E-state index >= 15 is 0 Å². The highest BCUT2D eigenvalue weighted by molar-refractivity contribution is 5.95. The molecule has 0 aliphatic carbocycles. The number of anilines is 1. The number of hydrogen-bond acceptors (Lipinski definition) is 5. The average Bonchev–Trinajstić information content (AvgIpc) is 3.04. The van der Waals surface area contributed by atoms with Crippen LogP contribution in [0.1, 0.15) is 11.4 Å². The number of nitrogens with one attached hydrogen (secondary N) is 1. The lowest BCUT2D eigenvalue weighted by Crippen LogP contribution is -2.25. The maximum absolute atomic E-state index is 12.8. The van der Waals surface area contributed by atoms with Crippen LogP contribution in [0.3, 0.4) is 0 Å². The number of para-hydroxylation sites is 2. The summed E-state index contributed by atoms with van der Waals surface area (Å²) >= 11 is 0. The Morgan fingerprint density at radius 1 is 1.03 bits per heavy atom. The number of carbonyl (C=O) groups is 2. The van der Waals surface area contributed by atoms with Crippen molar-refractivity contribution in [2.75, 3.05) is 11.9 Å². The molecule has 2 aromatic carbocycles. The van der Waals surface area contributed by atoms with E-state index in [0.717, 1.165) is 10.9 Å². The van der Waals surface area contributed by atoms with E-state index in [-0.39, 0.29) is 11.2 Å².